The Morgan fingerprint density at radius 2 is 2.16 bits per heavy atom. The van der Waals surface area contributed by atoms with Crippen molar-refractivity contribution in [1.82, 2.24) is 20.8 Å². The number of rotatable bonds is 6. The minimum absolute atomic E-state index is 0.0744. The summed E-state index contributed by atoms with van der Waals surface area (Å²) in [4.78, 5) is 26.7. The van der Waals surface area contributed by atoms with Crippen molar-refractivity contribution >= 4 is 12.0 Å². The maximum atomic E-state index is 11.6. The van der Waals surface area contributed by atoms with Crippen molar-refractivity contribution < 1.29 is 19.2 Å². The fourth-order valence-electron chi connectivity index (χ4n) is 1.59. The quantitative estimate of drug-likeness (QED) is 0.704. The van der Waals surface area contributed by atoms with Crippen LogP contribution in [0.2, 0.25) is 0 Å². The van der Waals surface area contributed by atoms with Crippen molar-refractivity contribution in [3.8, 4) is 0 Å². The average Bonchev–Trinajstić information content (AvgIpc) is 2.72. The van der Waals surface area contributed by atoms with Gasteiger partial charge in [-0.05, 0) is 13.3 Å². The molecule has 3 N–H and O–H groups in total. The van der Waals surface area contributed by atoms with E-state index in [1.165, 1.54) is 6.92 Å². The number of hydrogen-bond acceptors (Lipinski definition) is 5. The summed E-state index contributed by atoms with van der Waals surface area (Å²) in [6.45, 7) is 5.03. The Hall–Kier alpha value is -2.12. The molecule has 19 heavy (non-hydrogen) atoms. The van der Waals surface area contributed by atoms with Crippen LogP contribution in [0.4, 0.5) is 4.79 Å². The van der Waals surface area contributed by atoms with Gasteiger partial charge in [-0.3, -0.25) is 0 Å². The Morgan fingerprint density at radius 3 is 2.63 bits per heavy atom. The van der Waals surface area contributed by atoms with E-state index in [0.717, 1.165) is 0 Å². The fraction of sp³-hybridized carbons (Fsp3) is 0.636. The van der Waals surface area contributed by atoms with E-state index in [-0.39, 0.29) is 6.54 Å². The van der Waals surface area contributed by atoms with Gasteiger partial charge in [0.25, 0.3) is 0 Å². The van der Waals surface area contributed by atoms with Gasteiger partial charge in [0.05, 0.1) is 6.54 Å². The second kappa shape index (κ2) is 6.17. The smallest absolute Gasteiger partial charge is 0.329 e. The third kappa shape index (κ3) is 4.23. The molecule has 0 aromatic carbocycles. The third-order valence-corrected chi connectivity index (χ3v) is 2.59. The van der Waals surface area contributed by atoms with Crippen molar-refractivity contribution in [2.45, 2.75) is 45.7 Å². The highest BCUT2D eigenvalue weighted by Gasteiger charge is 2.33. The van der Waals surface area contributed by atoms with E-state index in [4.69, 9.17) is 9.63 Å². The van der Waals surface area contributed by atoms with Crippen LogP contribution in [0.25, 0.3) is 0 Å². The fourth-order valence-corrected chi connectivity index (χ4v) is 1.59. The monoisotopic (exact) mass is 270 g/mol. The molecule has 1 aromatic heterocycles. The molecule has 1 rings (SSSR count). The molecule has 0 aliphatic heterocycles. The standard InChI is InChI=1S/C11H18N4O4/c1-4-5-11(3,9(16)17)14-10(18)12-6-8-13-7(2)19-15-8/h4-6H2,1-3H3,(H,16,17)(H2,12,14,18). The molecule has 0 spiro atoms. The van der Waals surface area contributed by atoms with Crippen molar-refractivity contribution in [2.24, 2.45) is 0 Å². The van der Waals surface area contributed by atoms with Crippen LogP contribution < -0.4 is 10.6 Å². The minimum Gasteiger partial charge on any atom is -0.480 e. The third-order valence-electron chi connectivity index (χ3n) is 2.59. The van der Waals surface area contributed by atoms with Crippen LogP contribution in [-0.4, -0.2) is 32.8 Å². The first kappa shape index (κ1) is 14.9. The Balaban J connectivity index is 2.51. The van der Waals surface area contributed by atoms with Gasteiger partial charge in [0, 0.05) is 6.92 Å². The second-order valence-corrected chi connectivity index (χ2v) is 4.42. The first-order valence-corrected chi connectivity index (χ1v) is 5.96. The van der Waals surface area contributed by atoms with Gasteiger partial charge in [-0.25, -0.2) is 9.59 Å². The molecule has 106 valence electrons. The highest BCUT2D eigenvalue weighted by atomic mass is 16.5. The molecule has 0 bridgehead atoms. The molecule has 1 aromatic rings. The lowest BCUT2D eigenvalue weighted by molar-refractivity contribution is -0.144. The number of nitrogens with zero attached hydrogens (tertiary/aromatic N) is 2. The molecule has 1 heterocycles. The summed E-state index contributed by atoms with van der Waals surface area (Å²) in [5.41, 5.74) is -1.29. The highest BCUT2D eigenvalue weighted by Crippen LogP contribution is 2.12. The number of hydrogen-bond donors (Lipinski definition) is 3. The molecule has 0 aliphatic rings. The molecule has 0 radical (unpaired) electrons. The summed E-state index contributed by atoms with van der Waals surface area (Å²) in [6.07, 6.45) is 0.990. The molecule has 1 unspecified atom stereocenters. The lowest BCUT2D eigenvalue weighted by Gasteiger charge is -2.25. The summed E-state index contributed by atoms with van der Waals surface area (Å²) in [6, 6.07) is -0.583. The predicted molar refractivity (Wildman–Crippen MR) is 65.4 cm³/mol. The van der Waals surface area contributed by atoms with Crippen LogP contribution in [0.5, 0.6) is 0 Å². The number of urea groups is 1. The van der Waals surface area contributed by atoms with Crippen molar-refractivity contribution in [3.63, 3.8) is 0 Å². The maximum Gasteiger partial charge on any atom is 0.329 e. The largest absolute Gasteiger partial charge is 0.480 e. The number of aromatic nitrogens is 2. The van der Waals surface area contributed by atoms with Crippen LogP contribution >= 0.6 is 0 Å². The molecule has 0 aliphatic carbocycles. The highest BCUT2D eigenvalue weighted by molar-refractivity contribution is 5.85. The molecule has 0 saturated heterocycles. The average molecular weight is 270 g/mol. The van der Waals surface area contributed by atoms with Crippen LogP contribution in [0.1, 0.15) is 38.4 Å². The molecule has 0 saturated carbocycles. The van der Waals surface area contributed by atoms with E-state index in [2.05, 4.69) is 20.8 Å². The summed E-state index contributed by atoms with van der Waals surface area (Å²) in [5.74, 6) is -0.335. The van der Waals surface area contributed by atoms with Crippen molar-refractivity contribution in [2.75, 3.05) is 0 Å². The molecular formula is C11H18N4O4. The molecule has 0 fully saturated rings. The molecular weight excluding hydrogens is 252 g/mol. The molecule has 8 heteroatoms. The van der Waals surface area contributed by atoms with E-state index in [1.54, 1.807) is 6.92 Å². The van der Waals surface area contributed by atoms with Gasteiger partial charge in [0.1, 0.15) is 5.54 Å². The van der Waals surface area contributed by atoms with Gasteiger partial charge < -0.3 is 20.3 Å². The Kier molecular flexibility index (Phi) is 4.85. The zero-order chi connectivity index (χ0) is 14.5. The van der Waals surface area contributed by atoms with Crippen LogP contribution in [0, 0.1) is 6.92 Å². The SMILES string of the molecule is CCCC(C)(NC(=O)NCc1noc(C)n1)C(=O)O. The predicted octanol–water partition coefficient (Wildman–Crippen LogP) is 0.821. The number of carboxylic acids is 1. The molecule has 8 nitrogen and oxygen atoms in total. The van der Waals surface area contributed by atoms with E-state index in [9.17, 15) is 9.59 Å². The van der Waals surface area contributed by atoms with Crippen molar-refractivity contribution in [3.05, 3.63) is 11.7 Å². The van der Waals surface area contributed by atoms with Gasteiger partial charge in [0.2, 0.25) is 5.89 Å². The minimum atomic E-state index is -1.29. The number of carbonyl (C=O) groups is 2. The van der Waals surface area contributed by atoms with E-state index >= 15 is 0 Å². The van der Waals surface area contributed by atoms with Crippen LogP contribution in [-0.2, 0) is 11.3 Å². The number of carbonyl (C=O) groups excluding carboxylic acids is 1. The van der Waals surface area contributed by atoms with E-state index in [1.807, 2.05) is 6.92 Å². The van der Waals surface area contributed by atoms with Gasteiger partial charge in [-0.1, -0.05) is 18.5 Å². The molecule has 1 atom stereocenters. The summed E-state index contributed by atoms with van der Waals surface area (Å²) in [7, 11) is 0. The Morgan fingerprint density at radius 1 is 1.47 bits per heavy atom. The van der Waals surface area contributed by atoms with E-state index in [0.29, 0.717) is 24.6 Å². The number of nitrogens with one attached hydrogen (secondary N) is 2. The maximum absolute atomic E-state index is 11.6. The van der Waals surface area contributed by atoms with Crippen molar-refractivity contribution in [1.29, 1.82) is 0 Å². The van der Waals surface area contributed by atoms with Gasteiger partial charge in [-0.2, -0.15) is 4.98 Å². The number of aryl methyl sites for hydroxylation is 1. The second-order valence-electron chi connectivity index (χ2n) is 4.42. The zero-order valence-electron chi connectivity index (χ0n) is 11.2. The lowest BCUT2D eigenvalue weighted by Crippen LogP contribution is -2.55. The van der Waals surface area contributed by atoms with Gasteiger partial charge >= 0.3 is 12.0 Å². The summed E-state index contributed by atoms with van der Waals surface area (Å²) in [5, 5.41) is 17.6. The Labute approximate surface area is 110 Å². The summed E-state index contributed by atoms with van der Waals surface area (Å²) < 4.78 is 4.75. The topological polar surface area (TPSA) is 117 Å². The van der Waals surface area contributed by atoms with Crippen LogP contribution in [0.3, 0.4) is 0 Å². The van der Waals surface area contributed by atoms with Crippen LogP contribution in [0.15, 0.2) is 4.52 Å². The Bertz CT molecular complexity index is 459. The first-order valence-electron chi connectivity index (χ1n) is 5.96. The number of carboxylic acid groups (broad SMARTS) is 1. The van der Waals surface area contributed by atoms with E-state index < -0.39 is 17.5 Å². The lowest BCUT2D eigenvalue weighted by atomic mass is 9.97. The van der Waals surface area contributed by atoms with Gasteiger partial charge in [-0.15, -0.1) is 0 Å². The zero-order valence-corrected chi connectivity index (χ0v) is 11.2. The first-order chi connectivity index (χ1) is 8.87. The number of amides is 2. The normalized spacial score (nSPS) is 13.6. The number of aliphatic carboxylic acids is 1. The molecule has 2 amide bonds. The van der Waals surface area contributed by atoms with Gasteiger partial charge in [0.15, 0.2) is 5.82 Å². The summed E-state index contributed by atoms with van der Waals surface area (Å²) >= 11 is 0.